The zero-order valence-electron chi connectivity index (χ0n) is 19.6. The van der Waals surface area contributed by atoms with E-state index in [2.05, 4.69) is 25.9 Å². The summed E-state index contributed by atoms with van der Waals surface area (Å²) in [5.41, 5.74) is -1.35. The van der Waals surface area contributed by atoms with Crippen LogP contribution in [0.3, 0.4) is 0 Å². The molecular formula is C22H20ClF6N7O2. The molecule has 0 aliphatic carbocycles. The fourth-order valence-electron chi connectivity index (χ4n) is 4.17. The van der Waals surface area contributed by atoms with Gasteiger partial charge >= 0.3 is 12.4 Å². The van der Waals surface area contributed by atoms with E-state index in [1.807, 2.05) is 0 Å². The number of rotatable bonds is 5. The van der Waals surface area contributed by atoms with Crippen molar-refractivity contribution in [2.24, 2.45) is 0 Å². The van der Waals surface area contributed by atoms with Gasteiger partial charge in [-0.25, -0.2) is 9.67 Å². The number of fused-ring (bicyclic) bond motifs is 1. The second-order valence-electron chi connectivity index (χ2n) is 8.80. The van der Waals surface area contributed by atoms with Crippen LogP contribution < -0.4 is 10.6 Å². The third-order valence-electron chi connectivity index (χ3n) is 5.76. The van der Waals surface area contributed by atoms with E-state index in [9.17, 15) is 35.9 Å². The molecule has 1 saturated heterocycles. The summed E-state index contributed by atoms with van der Waals surface area (Å²) in [5.74, 6) is -1.15. The van der Waals surface area contributed by atoms with Crippen LogP contribution in [0.4, 0.5) is 32.0 Å². The molecule has 38 heavy (non-hydrogen) atoms. The normalized spacial score (nSPS) is 18.5. The molecule has 1 aliphatic rings. The second-order valence-corrected chi connectivity index (χ2v) is 9.24. The third-order valence-corrected chi connectivity index (χ3v) is 6.00. The molecule has 0 bridgehead atoms. The largest absolute Gasteiger partial charge is 0.433 e. The Labute approximate surface area is 216 Å². The molecule has 2 atom stereocenters. The summed E-state index contributed by atoms with van der Waals surface area (Å²) in [5, 5.41) is 13.0. The van der Waals surface area contributed by atoms with Gasteiger partial charge in [0.05, 0.1) is 11.7 Å². The van der Waals surface area contributed by atoms with Gasteiger partial charge in [-0.1, -0.05) is 16.8 Å². The van der Waals surface area contributed by atoms with Crippen molar-refractivity contribution in [1.29, 1.82) is 0 Å². The van der Waals surface area contributed by atoms with Crippen LogP contribution in [0.2, 0.25) is 5.02 Å². The summed E-state index contributed by atoms with van der Waals surface area (Å²) in [7, 11) is 0. The average Bonchev–Trinajstić information content (AvgIpc) is 3.25. The van der Waals surface area contributed by atoms with Crippen molar-refractivity contribution in [3.63, 3.8) is 0 Å². The number of carbonyl (C=O) groups excluding carboxylic acids is 2. The van der Waals surface area contributed by atoms with Gasteiger partial charge in [0, 0.05) is 48.2 Å². The molecule has 0 saturated carbocycles. The summed E-state index contributed by atoms with van der Waals surface area (Å²) >= 11 is 6.05. The van der Waals surface area contributed by atoms with Crippen LogP contribution in [0.25, 0.3) is 10.9 Å². The number of hydrogen-bond acceptors (Lipinski definition) is 6. The number of benzene rings is 1. The number of piperidine rings is 1. The Morgan fingerprint density at radius 2 is 1.82 bits per heavy atom. The number of amides is 2. The monoisotopic (exact) mass is 563 g/mol. The van der Waals surface area contributed by atoms with Gasteiger partial charge in [-0.3, -0.25) is 9.59 Å². The van der Waals surface area contributed by atoms with Crippen molar-refractivity contribution in [2.75, 3.05) is 18.4 Å². The third kappa shape index (κ3) is 6.62. The van der Waals surface area contributed by atoms with E-state index in [-0.39, 0.29) is 47.3 Å². The molecule has 4 rings (SSSR count). The van der Waals surface area contributed by atoms with Crippen molar-refractivity contribution in [1.82, 2.24) is 30.2 Å². The quantitative estimate of drug-likeness (QED) is 0.457. The molecule has 2 amide bonds. The van der Waals surface area contributed by atoms with Crippen LogP contribution in [-0.4, -0.2) is 68.0 Å². The number of aromatic nitrogens is 4. The number of nitrogens with one attached hydrogen (secondary N) is 2. The minimum Gasteiger partial charge on any atom is -0.380 e. The maximum atomic E-state index is 13.5. The van der Waals surface area contributed by atoms with E-state index in [0.717, 1.165) is 12.3 Å². The van der Waals surface area contributed by atoms with E-state index in [1.165, 1.54) is 30.0 Å². The summed E-state index contributed by atoms with van der Waals surface area (Å²) in [6.45, 7) is 0.0693. The molecule has 0 radical (unpaired) electrons. The molecule has 2 aromatic heterocycles. The minimum absolute atomic E-state index is 0.0535. The highest BCUT2D eigenvalue weighted by Crippen LogP contribution is 2.35. The first-order valence-electron chi connectivity index (χ1n) is 11.2. The van der Waals surface area contributed by atoms with Crippen LogP contribution >= 0.6 is 11.6 Å². The van der Waals surface area contributed by atoms with Gasteiger partial charge in [-0.05, 0) is 30.7 Å². The number of pyridine rings is 1. The Kier molecular flexibility index (Phi) is 7.41. The number of halogens is 7. The molecule has 0 spiro atoms. The highest BCUT2D eigenvalue weighted by molar-refractivity contribution is 6.31. The Morgan fingerprint density at radius 3 is 2.47 bits per heavy atom. The fourth-order valence-corrected chi connectivity index (χ4v) is 4.34. The van der Waals surface area contributed by atoms with E-state index in [1.54, 1.807) is 0 Å². The van der Waals surface area contributed by atoms with Gasteiger partial charge in [0.2, 0.25) is 5.91 Å². The van der Waals surface area contributed by atoms with E-state index in [0.29, 0.717) is 10.1 Å². The molecule has 3 heterocycles. The Hall–Kier alpha value is -3.62. The lowest BCUT2D eigenvalue weighted by molar-refractivity contribution is -0.143. The van der Waals surface area contributed by atoms with Crippen molar-refractivity contribution < 1.29 is 35.9 Å². The second kappa shape index (κ2) is 10.3. The first kappa shape index (κ1) is 27.4. The molecule has 1 fully saturated rings. The van der Waals surface area contributed by atoms with Crippen LogP contribution in [0, 0.1) is 0 Å². The van der Waals surface area contributed by atoms with Gasteiger partial charge in [-0.2, -0.15) is 26.3 Å². The van der Waals surface area contributed by atoms with Crippen molar-refractivity contribution in [3.05, 3.63) is 46.9 Å². The van der Waals surface area contributed by atoms with E-state index < -0.39 is 42.6 Å². The molecular weight excluding hydrogens is 544 g/mol. The SMILES string of the molecule is CC(=O)N1C[C@@H](NC(=O)c2cn(CC(F)(F)F)nn2)C[C@@H](Nc2cc(C(F)(F)F)nc3ccc(Cl)cc23)C1. The maximum Gasteiger partial charge on any atom is 0.433 e. The molecule has 9 nitrogen and oxygen atoms in total. The predicted molar refractivity (Wildman–Crippen MR) is 123 cm³/mol. The smallest absolute Gasteiger partial charge is 0.380 e. The van der Waals surface area contributed by atoms with E-state index >= 15 is 0 Å². The molecule has 1 aliphatic heterocycles. The first-order chi connectivity index (χ1) is 17.7. The van der Waals surface area contributed by atoms with Crippen molar-refractivity contribution in [3.8, 4) is 0 Å². The van der Waals surface area contributed by atoms with Crippen molar-refractivity contribution >= 4 is 40.0 Å². The molecule has 2 N–H and O–H groups in total. The van der Waals surface area contributed by atoms with Crippen LogP contribution in [0.1, 0.15) is 29.5 Å². The number of alkyl halides is 6. The van der Waals surface area contributed by atoms with Gasteiger partial charge in [0.25, 0.3) is 5.91 Å². The number of carbonyl (C=O) groups is 2. The highest BCUT2D eigenvalue weighted by Gasteiger charge is 2.35. The number of likely N-dealkylation sites (tertiary alicyclic amines) is 1. The molecule has 16 heteroatoms. The predicted octanol–water partition coefficient (Wildman–Crippen LogP) is 3.89. The minimum atomic E-state index is -4.72. The number of nitrogens with zero attached hydrogens (tertiary/aromatic N) is 5. The standard InChI is InChI=1S/C22H20ClF6N7O2/c1-11(37)35-7-13(5-14(8-35)31-20(38)18-9-36(34-33-18)10-21(24,25)26)30-17-6-19(22(27,28)29)32-16-3-2-12(23)4-15(16)17/h2-4,6,9,13-14H,5,7-8,10H2,1H3,(H,30,32)(H,31,38)/t13-,14+/m1/s1. The summed E-state index contributed by atoms with van der Waals surface area (Å²) in [6, 6.07) is 3.78. The number of hydrogen-bond donors (Lipinski definition) is 2. The molecule has 204 valence electrons. The van der Waals surface area contributed by atoms with E-state index in [4.69, 9.17) is 11.6 Å². The Bertz CT molecular complexity index is 1360. The summed E-state index contributed by atoms with van der Waals surface area (Å²) in [4.78, 5) is 29.8. The lowest BCUT2D eigenvalue weighted by Gasteiger charge is -2.38. The zero-order chi connectivity index (χ0) is 27.8. The van der Waals surface area contributed by atoms with Crippen molar-refractivity contribution in [2.45, 2.75) is 44.3 Å². The molecule has 3 aromatic rings. The van der Waals surface area contributed by atoms with Gasteiger partial charge < -0.3 is 15.5 Å². The number of anilines is 1. The lowest BCUT2D eigenvalue weighted by atomic mass is 9.99. The zero-order valence-corrected chi connectivity index (χ0v) is 20.3. The van der Waals surface area contributed by atoms with Crippen LogP contribution in [0.15, 0.2) is 30.5 Å². The Balaban J connectivity index is 1.56. The first-order valence-corrected chi connectivity index (χ1v) is 11.5. The highest BCUT2D eigenvalue weighted by atomic mass is 35.5. The lowest BCUT2D eigenvalue weighted by Crippen LogP contribution is -2.55. The van der Waals surface area contributed by atoms with Gasteiger partial charge in [0.15, 0.2) is 5.69 Å². The summed E-state index contributed by atoms with van der Waals surface area (Å²) < 4.78 is 78.6. The fraction of sp³-hybridized carbons (Fsp3) is 0.409. The van der Waals surface area contributed by atoms with Gasteiger partial charge in [-0.15, -0.1) is 5.10 Å². The molecule has 1 aromatic carbocycles. The van der Waals surface area contributed by atoms with Gasteiger partial charge in [0.1, 0.15) is 12.2 Å². The topological polar surface area (TPSA) is 105 Å². The average molecular weight is 564 g/mol. The van der Waals surface area contributed by atoms with Crippen LogP contribution in [0.5, 0.6) is 0 Å². The Morgan fingerprint density at radius 1 is 1.11 bits per heavy atom. The van der Waals surface area contributed by atoms with Crippen LogP contribution in [-0.2, 0) is 17.5 Å². The maximum absolute atomic E-state index is 13.5. The molecule has 0 unspecified atom stereocenters. The summed E-state index contributed by atoms with van der Waals surface area (Å²) in [6.07, 6.45) is -8.26.